The molecule has 0 bridgehead atoms. The van der Waals surface area contributed by atoms with E-state index in [1.165, 1.54) is 13.2 Å². The molecule has 0 spiro atoms. The summed E-state index contributed by atoms with van der Waals surface area (Å²) in [5.41, 5.74) is 2.92. The van der Waals surface area contributed by atoms with Crippen LogP contribution in [0.4, 0.5) is 17.1 Å². The van der Waals surface area contributed by atoms with Gasteiger partial charge >= 0.3 is 5.97 Å². The number of rotatable bonds is 8. The minimum Gasteiger partial charge on any atom is -0.491 e. The van der Waals surface area contributed by atoms with E-state index in [9.17, 15) is 10.0 Å². The molecule has 174 valence electrons. The van der Waals surface area contributed by atoms with E-state index in [1.807, 2.05) is 66.7 Å². The molecule has 6 heteroatoms. The van der Waals surface area contributed by atoms with Gasteiger partial charge in [0.25, 0.3) is 0 Å². The van der Waals surface area contributed by atoms with Crippen molar-refractivity contribution in [2.75, 3.05) is 12.2 Å². The van der Waals surface area contributed by atoms with Crippen LogP contribution in [-0.2, 0) is 4.79 Å². The smallest absolute Gasteiger partial charge is 0.336 e. The Morgan fingerprint density at radius 3 is 2.06 bits per heavy atom. The Hall–Kier alpha value is -4.68. The number of carbonyl (C=O) groups is 1. The minimum atomic E-state index is -0.581. The fourth-order valence-electron chi connectivity index (χ4n) is 3.38. The topological polar surface area (TPSA) is 71.4 Å². The Morgan fingerprint density at radius 2 is 1.43 bits per heavy atom. The van der Waals surface area contributed by atoms with Crippen molar-refractivity contribution in [3.63, 3.8) is 0 Å². The number of anilines is 2. The van der Waals surface area contributed by atoms with Crippen molar-refractivity contribution < 1.29 is 19.5 Å². The quantitative estimate of drug-likeness (QED) is 0.105. The Morgan fingerprint density at radius 1 is 0.829 bits per heavy atom. The number of esters is 1. The molecule has 35 heavy (non-hydrogen) atoms. The zero-order chi connectivity index (χ0) is 24.5. The third-order valence-corrected chi connectivity index (χ3v) is 5.07. The van der Waals surface area contributed by atoms with Gasteiger partial charge in [-0.1, -0.05) is 78.9 Å². The zero-order valence-electron chi connectivity index (χ0n) is 19.1. The maximum Gasteiger partial charge on any atom is 0.336 e. The van der Waals surface area contributed by atoms with E-state index in [4.69, 9.17) is 9.47 Å². The van der Waals surface area contributed by atoms with Crippen LogP contribution < -0.4 is 14.5 Å². The summed E-state index contributed by atoms with van der Waals surface area (Å²) in [6.07, 6.45) is 4.69. The summed E-state index contributed by atoms with van der Waals surface area (Å²) in [4.78, 5) is 17.1. The molecule has 0 radical (unpaired) electrons. The first-order valence-electron chi connectivity index (χ1n) is 10.9. The molecule has 0 aliphatic carbocycles. The molecule has 4 aromatic rings. The molecule has 0 aliphatic rings. The standard InChI is InChI=1S/C29H24N2O4/c1-34-29-26(35-27(32)20-17-22-11-5-2-6-12-22)19-18-25(30-21-23-13-7-3-8-14-23)28(29)31(33)24-15-9-4-10-16-24/h2-21,33H,1H3. The van der Waals surface area contributed by atoms with Crippen molar-refractivity contribution in [1.29, 1.82) is 0 Å². The Labute approximate surface area is 204 Å². The molecule has 4 aromatic carbocycles. The Kier molecular flexibility index (Phi) is 7.68. The van der Waals surface area contributed by atoms with Gasteiger partial charge in [-0.05, 0) is 41.5 Å². The molecule has 0 atom stereocenters. The molecule has 0 amide bonds. The lowest BCUT2D eigenvalue weighted by Gasteiger charge is -2.22. The first-order chi connectivity index (χ1) is 17.2. The average molecular weight is 465 g/mol. The average Bonchev–Trinajstić information content (AvgIpc) is 2.92. The van der Waals surface area contributed by atoms with Gasteiger partial charge in [0.1, 0.15) is 5.69 Å². The minimum absolute atomic E-state index is 0.152. The molecule has 0 saturated heterocycles. The van der Waals surface area contributed by atoms with Crippen LogP contribution in [0.2, 0.25) is 0 Å². The number of methoxy groups -OCH3 is 1. The summed E-state index contributed by atoms with van der Waals surface area (Å²) in [6.45, 7) is 0. The summed E-state index contributed by atoms with van der Waals surface area (Å²) in [5.74, 6) is -0.262. The van der Waals surface area contributed by atoms with E-state index in [0.717, 1.165) is 16.2 Å². The predicted molar refractivity (Wildman–Crippen MR) is 138 cm³/mol. The van der Waals surface area contributed by atoms with Crippen LogP contribution >= 0.6 is 0 Å². The largest absolute Gasteiger partial charge is 0.491 e. The molecular weight excluding hydrogens is 440 g/mol. The molecule has 0 unspecified atom stereocenters. The highest BCUT2D eigenvalue weighted by Gasteiger charge is 2.22. The van der Waals surface area contributed by atoms with Crippen LogP contribution in [0.15, 0.2) is 114 Å². The van der Waals surface area contributed by atoms with Crippen molar-refractivity contribution in [3.8, 4) is 11.5 Å². The second-order valence-corrected chi connectivity index (χ2v) is 7.45. The van der Waals surface area contributed by atoms with E-state index in [1.54, 1.807) is 48.7 Å². The summed E-state index contributed by atoms with van der Waals surface area (Å²) in [5, 5.41) is 12.1. The van der Waals surface area contributed by atoms with Crippen LogP contribution in [-0.4, -0.2) is 24.5 Å². The van der Waals surface area contributed by atoms with E-state index in [-0.39, 0.29) is 17.2 Å². The van der Waals surface area contributed by atoms with Gasteiger partial charge in [-0.15, -0.1) is 0 Å². The molecule has 0 aliphatic heterocycles. The number of carbonyl (C=O) groups excluding carboxylic acids is 1. The molecule has 0 fully saturated rings. The van der Waals surface area contributed by atoms with Crippen LogP contribution in [0.5, 0.6) is 11.5 Å². The van der Waals surface area contributed by atoms with Gasteiger partial charge in [-0.25, -0.2) is 9.86 Å². The Bertz CT molecular complexity index is 1320. The van der Waals surface area contributed by atoms with Crippen molar-refractivity contribution in [2.24, 2.45) is 4.99 Å². The number of para-hydroxylation sites is 1. The third kappa shape index (κ3) is 6.01. The predicted octanol–water partition coefficient (Wildman–Crippen LogP) is 6.59. The van der Waals surface area contributed by atoms with E-state index < -0.39 is 5.97 Å². The van der Waals surface area contributed by atoms with Gasteiger partial charge in [0.2, 0.25) is 0 Å². The van der Waals surface area contributed by atoms with E-state index >= 15 is 0 Å². The fraction of sp³-hybridized carbons (Fsp3) is 0.0345. The highest BCUT2D eigenvalue weighted by molar-refractivity contribution is 5.92. The maximum absolute atomic E-state index is 12.5. The van der Waals surface area contributed by atoms with Gasteiger partial charge in [-0.2, -0.15) is 0 Å². The highest BCUT2D eigenvalue weighted by Crippen LogP contribution is 2.46. The van der Waals surface area contributed by atoms with E-state index in [0.29, 0.717) is 11.4 Å². The van der Waals surface area contributed by atoms with Crippen molar-refractivity contribution in [1.82, 2.24) is 0 Å². The second kappa shape index (κ2) is 11.4. The number of hydrogen-bond acceptors (Lipinski definition) is 6. The molecule has 4 rings (SSSR count). The normalized spacial score (nSPS) is 11.0. The SMILES string of the molecule is COc1c(OC(=O)C=Cc2ccccc2)ccc(N=Cc2ccccc2)c1N(O)c1ccccc1. The lowest BCUT2D eigenvalue weighted by molar-refractivity contribution is -0.129. The van der Waals surface area contributed by atoms with Crippen molar-refractivity contribution >= 4 is 35.3 Å². The molecule has 1 N–H and O–H groups in total. The molecular formula is C29H24N2O4. The van der Waals surface area contributed by atoms with Crippen molar-refractivity contribution in [2.45, 2.75) is 0 Å². The number of ether oxygens (including phenoxy) is 2. The number of aliphatic imine (C=N–C) groups is 1. The highest BCUT2D eigenvalue weighted by atomic mass is 16.6. The lowest BCUT2D eigenvalue weighted by atomic mass is 10.2. The van der Waals surface area contributed by atoms with Gasteiger partial charge < -0.3 is 9.47 Å². The summed E-state index contributed by atoms with van der Waals surface area (Å²) in [6, 6.07) is 31.2. The first kappa shape index (κ1) is 23.5. The van der Waals surface area contributed by atoms with Gasteiger partial charge in [0.05, 0.1) is 18.5 Å². The summed E-state index contributed by atoms with van der Waals surface area (Å²) >= 11 is 0. The monoisotopic (exact) mass is 464 g/mol. The first-order valence-corrected chi connectivity index (χ1v) is 10.9. The zero-order valence-corrected chi connectivity index (χ0v) is 19.1. The van der Waals surface area contributed by atoms with Gasteiger partial charge in [0.15, 0.2) is 11.5 Å². The lowest BCUT2D eigenvalue weighted by Crippen LogP contribution is -2.13. The number of benzene rings is 4. The molecule has 0 heterocycles. The van der Waals surface area contributed by atoms with Crippen LogP contribution in [0.25, 0.3) is 6.08 Å². The summed E-state index contributed by atoms with van der Waals surface area (Å²) in [7, 11) is 1.44. The maximum atomic E-state index is 12.5. The number of nitrogens with zero attached hydrogens (tertiary/aromatic N) is 2. The van der Waals surface area contributed by atoms with Gasteiger partial charge in [-0.3, -0.25) is 10.2 Å². The van der Waals surface area contributed by atoms with E-state index in [2.05, 4.69) is 4.99 Å². The summed E-state index contributed by atoms with van der Waals surface area (Å²) < 4.78 is 11.2. The van der Waals surface area contributed by atoms with Crippen molar-refractivity contribution in [3.05, 3.63) is 120 Å². The third-order valence-electron chi connectivity index (χ3n) is 5.07. The van der Waals surface area contributed by atoms with Crippen LogP contribution in [0.3, 0.4) is 0 Å². The second-order valence-electron chi connectivity index (χ2n) is 7.45. The molecule has 0 aromatic heterocycles. The molecule has 6 nitrogen and oxygen atoms in total. The van der Waals surface area contributed by atoms with Gasteiger partial charge in [0, 0.05) is 12.3 Å². The Balaban J connectivity index is 1.71. The van der Waals surface area contributed by atoms with Crippen LogP contribution in [0.1, 0.15) is 11.1 Å². The number of hydrogen-bond donors (Lipinski definition) is 1. The van der Waals surface area contributed by atoms with Crippen LogP contribution in [0, 0.1) is 0 Å². The molecule has 0 saturated carbocycles. The fourth-order valence-corrected chi connectivity index (χ4v) is 3.38.